The molecule has 2 aromatic rings. The van der Waals surface area contributed by atoms with Crippen LogP contribution in [-0.4, -0.2) is 18.2 Å². The van der Waals surface area contributed by atoms with Gasteiger partial charge in [-0.25, -0.2) is 14.5 Å². The topological polar surface area (TPSA) is 71.1 Å². The zero-order valence-electron chi connectivity index (χ0n) is 16.0. The van der Waals surface area contributed by atoms with Crippen LogP contribution >= 0.6 is 0 Å². The van der Waals surface area contributed by atoms with Crippen molar-refractivity contribution in [3.05, 3.63) is 60.2 Å². The predicted octanol–water partition coefficient (Wildman–Crippen LogP) is 5.33. The first kappa shape index (κ1) is 19.9. The second-order valence-electron chi connectivity index (χ2n) is 7.27. The second kappa shape index (κ2) is 9.37. The van der Waals surface area contributed by atoms with Crippen molar-refractivity contribution in [1.29, 1.82) is 0 Å². The summed E-state index contributed by atoms with van der Waals surface area (Å²) in [6.45, 7) is 4.22. The molecule has 1 aliphatic carbocycles. The van der Waals surface area contributed by atoms with E-state index in [1.165, 1.54) is 0 Å². The predicted molar refractivity (Wildman–Crippen MR) is 102 cm³/mol. The number of hydrogen-bond donors (Lipinski definition) is 0. The number of rotatable bonds is 5. The number of carbonyl (C=O) groups is 2. The van der Waals surface area contributed by atoms with E-state index in [-0.39, 0.29) is 17.6 Å². The van der Waals surface area contributed by atoms with Crippen LogP contribution < -0.4 is 0 Å². The van der Waals surface area contributed by atoms with Crippen LogP contribution in [0.1, 0.15) is 43.5 Å². The Labute approximate surface area is 164 Å². The molecule has 28 heavy (non-hydrogen) atoms. The summed E-state index contributed by atoms with van der Waals surface area (Å²) in [7, 11) is 0. The van der Waals surface area contributed by atoms with Crippen molar-refractivity contribution in [3.8, 4) is 11.1 Å². The van der Waals surface area contributed by atoms with Crippen LogP contribution in [0.3, 0.4) is 0 Å². The molecule has 148 valence electrons. The van der Waals surface area contributed by atoms with E-state index in [9.17, 15) is 9.59 Å². The minimum absolute atomic E-state index is 0.214. The van der Waals surface area contributed by atoms with Gasteiger partial charge in [-0.05, 0) is 54.4 Å². The highest BCUT2D eigenvalue weighted by Gasteiger charge is 2.29. The van der Waals surface area contributed by atoms with Crippen molar-refractivity contribution < 1.29 is 29.1 Å². The summed E-state index contributed by atoms with van der Waals surface area (Å²) in [6.07, 6.45) is 1.54. The molecule has 1 fully saturated rings. The van der Waals surface area contributed by atoms with E-state index in [0.717, 1.165) is 30.4 Å². The largest absolute Gasteiger partial charge is 0.543 e. The Bertz CT molecular complexity index is 786. The quantitative estimate of drug-likeness (QED) is 0.394. The average molecular weight is 384 g/mol. The first-order valence-electron chi connectivity index (χ1n) is 9.44. The summed E-state index contributed by atoms with van der Waals surface area (Å²) in [6, 6.07) is 16.6. The first-order valence-corrected chi connectivity index (χ1v) is 9.44. The van der Waals surface area contributed by atoms with Crippen LogP contribution in [0.5, 0.6) is 0 Å². The Hall–Kier alpha value is -2.86. The van der Waals surface area contributed by atoms with Crippen molar-refractivity contribution in [3.63, 3.8) is 0 Å². The van der Waals surface area contributed by atoms with Gasteiger partial charge in [0.15, 0.2) is 0 Å². The van der Waals surface area contributed by atoms with Gasteiger partial charge in [0.25, 0.3) is 0 Å². The maximum absolute atomic E-state index is 12.0. The summed E-state index contributed by atoms with van der Waals surface area (Å²) in [5.74, 6) is 0.102. The van der Waals surface area contributed by atoms with Gasteiger partial charge >= 0.3 is 12.1 Å². The molecular weight excluding hydrogens is 360 g/mol. The third-order valence-electron chi connectivity index (χ3n) is 5.04. The average Bonchev–Trinajstić information content (AvgIpc) is 2.71. The molecule has 0 aromatic heterocycles. The van der Waals surface area contributed by atoms with Gasteiger partial charge < -0.3 is 4.74 Å². The summed E-state index contributed by atoms with van der Waals surface area (Å²) < 4.78 is 5.23. The number of carbonyl (C=O) groups excluding carboxylic acids is 2. The maximum Gasteiger partial charge on any atom is 0.543 e. The molecule has 2 aromatic carbocycles. The molecule has 0 saturated heterocycles. The van der Waals surface area contributed by atoms with E-state index >= 15 is 0 Å². The van der Waals surface area contributed by atoms with Gasteiger partial charge in [-0.1, -0.05) is 56.3 Å². The second-order valence-corrected chi connectivity index (χ2v) is 7.27. The Morgan fingerprint density at radius 1 is 0.857 bits per heavy atom. The Kier molecular flexibility index (Phi) is 6.66. The van der Waals surface area contributed by atoms with Gasteiger partial charge in [0.05, 0.1) is 10.6 Å². The normalized spacial score (nSPS) is 21.6. The first-order chi connectivity index (χ1) is 13.5. The zero-order chi connectivity index (χ0) is 19.9. The van der Waals surface area contributed by atoms with Crippen molar-refractivity contribution >= 4 is 12.1 Å². The Morgan fingerprint density at radius 2 is 1.54 bits per heavy atom. The smallest absolute Gasteiger partial charge is 0.429 e. The van der Waals surface area contributed by atoms with Crippen LogP contribution in [-0.2, 0) is 19.6 Å². The molecule has 6 nitrogen and oxygen atoms in total. The van der Waals surface area contributed by atoms with Gasteiger partial charge in [-0.3, -0.25) is 4.89 Å². The summed E-state index contributed by atoms with van der Waals surface area (Å²) in [5, 5.41) is 4.30. The van der Waals surface area contributed by atoms with Gasteiger partial charge in [0, 0.05) is 0 Å². The number of hydrogen-bond acceptors (Lipinski definition) is 6. The standard InChI is InChI=1S/C22H24O6/c1-15-8-13-20(16(2)14-15)25-22(24)27-28-26-21(23)19-11-9-18(10-12-19)17-6-4-3-5-7-17/h3-7,9-12,15-16,20H,8,13-14H2,1-2H3. The van der Waals surface area contributed by atoms with E-state index in [1.54, 1.807) is 24.3 Å². The minimum Gasteiger partial charge on any atom is -0.429 e. The van der Waals surface area contributed by atoms with Crippen molar-refractivity contribution in [2.45, 2.75) is 39.2 Å². The molecule has 0 aliphatic heterocycles. The molecule has 3 unspecified atom stereocenters. The summed E-state index contributed by atoms with van der Waals surface area (Å²) >= 11 is 0. The van der Waals surface area contributed by atoms with Crippen LogP contribution in [0.2, 0.25) is 0 Å². The fourth-order valence-electron chi connectivity index (χ4n) is 3.51. The molecular formula is C22H24O6. The van der Waals surface area contributed by atoms with Crippen LogP contribution in [0.15, 0.2) is 54.6 Å². The minimum atomic E-state index is -1.02. The number of ether oxygens (including phenoxy) is 1. The van der Waals surface area contributed by atoms with Crippen LogP contribution in [0.25, 0.3) is 11.1 Å². The molecule has 3 atom stereocenters. The molecule has 0 bridgehead atoms. The maximum atomic E-state index is 12.0. The summed E-state index contributed by atoms with van der Waals surface area (Å²) in [4.78, 5) is 32.6. The lowest BCUT2D eigenvalue weighted by atomic mass is 9.81. The highest BCUT2D eigenvalue weighted by molar-refractivity contribution is 5.89. The monoisotopic (exact) mass is 384 g/mol. The van der Waals surface area contributed by atoms with Gasteiger partial charge in [0.1, 0.15) is 6.10 Å². The van der Waals surface area contributed by atoms with E-state index in [4.69, 9.17) is 4.74 Å². The molecule has 0 radical (unpaired) electrons. The molecule has 0 amide bonds. The van der Waals surface area contributed by atoms with E-state index < -0.39 is 12.1 Å². The fraction of sp³-hybridized carbons (Fsp3) is 0.364. The Morgan fingerprint density at radius 3 is 2.21 bits per heavy atom. The van der Waals surface area contributed by atoms with Crippen molar-refractivity contribution in [2.75, 3.05) is 0 Å². The molecule has 6 heteroatoms. The third-order valence-corrected chi connectivity index (χ3v) is 5.04. The Balaban J connectivity index is 1.43. The molecule has 0 heterocycles. The molecule has 0 N–H and O–H groups in total. The lowest BCUT2D eigenvalue weighted by Gasteiger charge is -2.31. The third kappa shape index (κ3) is 5.33. The van der Waals surface area contributed by atoms with Gasteiger partial charge in [0.2, 0.25) is 0 Å². The fourth-order valence-corrected chi connectivity index (χ4v) is 3.51. The van der Waals surface area contributed by atoms with Gasteiger partial charge in [-0.2, -0.15) is 0 Å². The highest BCUT2D eigenvalue weighted by Crippen LogP contribution is 2.30. The van der Waals surface area contributed by atoms with Crippen LogP contribution in [0.4, 0.5) is 4.79 Å². The molecule has 3 rings (SSSR count). The zero-order valence-corrected chi connectivity index (χ0v) is 16.0. The lowest BCUT2D eigenvalue weighted by molar-refractivity contribution is -0.453. The van der Waals surface area contributed by atoms with Gasteiger partial charge in [-0.15, -0.1) is 0 Å². The SMILES string of the molecule is CC1CCC(OC(=O)OOOC(=O)c2ccc(-c3ccccc3)cc2)C(C)C1. The lowest BCUT2D eigenvalue weighted by Crippen LogP contribution is -2.31. The molecule has 1 aliphatic rings. The van der Waals surface area contributed by atoms with E-state index in [1.807, 2.05) is 37.3 Å². The molecule has 1 saturated carbocycles. The van der Waals surface area contributed by atoms with E-state index in [0.29, 0.717) is 5.92 Å². The molecule has 0 spiro atoms. The van der Waals surface area contributed by atoms with E-state index in [2.05, 4.69) is 21.7 Å². The van der Waals surface area contributed by atoms with Crippen molar-refractivity contribution in [2.24, 2.45) is 11.8 Å². The van der Waals surface area contributed by atoms with Crippen molar-refractivity contribution in [1.82, 2.24) is 0 Å². The van der Waals surface area contributed by atoms with Crippen LogP contribution in [0, 0.1) is 11.8 Å². The highest BCUT2D eigenvalue weighted by atomic mass is 17.5. The number of benzene rings is 2. The summed E-state index contributed by atoms with van der Waals surface area (Å²) in [5.41, 5.74) is 2.27.